The van der Waals surface area contributed by atoms with E-state index < -0.39 is 11.4 Å². The highest BCUT2D eigenvalue weighted by Crippen LogP contribution is 2.20. The predicted molar refractivity (Wildman–Crippen MR) is 107 cm³/mol. The van der Waals surface area contributed by atoms with Crippen LogP contribution in [0.1, 0.15) is 36.0 Å². The van der Waals surface area contributed by atoms with Gasteiger partial charge in [0.15, 0.2) is 4.90 Å². The van der Waals surface area contributed by atoms with E-state index in [1.54, 1.807) is 36.4 Å². The molecule has 4 N–H and O–H groups in total. The Labute approximate surface area is 166 Å². The number of amides is 2. The van der Waals surface area contributed by atoms with Gasteiger partial charge in [-0.15, -0.1) is 4.72 Å². The quantitative estimate of drug-likeness (QED) is 0.420. The Morgan fingerprint density at radius 2 is 1.75 bits per heavy atom. The van der Waals surface area contributed by atoms with Crippen LogP contribution in [-0.2, 0) is 16.2 Å². The second kappa shape index (κ2) is 9.59. The van der Waals surface area contributed by atoms with Crippen LogP contribution in [-0.4, -0.2) is 34.1 Å². The van der Waals surface area contributed by atoms with Gasteiger partial charge in [-0.05, 0) is 49.2 Å². The molecule has 0 spiro atoms. The van der Waals surface area contributed by atoms with Crippen molar-refractivity contribution in [3.63, 3.8) is 0 Å². The maximum Gasteiger partial charge on any atom is 0.256 e. The number of rotatable bonds is 7. The van der Waals surface area contributed by atoms with Gasteiger partial charge in [-0.25, -0.2) is 0 Å². The predicted octanol–water partition coefficient (Wildman–Crippen LogP) is 2.32. The first-order valence-corrected chi connectivity index (χ1v) is 10.3. The molecule has 1 aliphatic carbocycles. The SMILES string of the molecule is O=C(CN[S+]([O-])c1ccccc1C(=O)NC1CCCC1)Nc1ccc(O)cc1. The fourth-order valence-corrected chi connectivity index (χ4v) is 4.09. The van der Waals surface area contributed by atoms with Crippen molar-refractivity contribution in [3.05, 3.63) is 54.1 Å². The van der Waals surface area contributed by atoms with Crippen LogP contribution in [0.3, 0.4) is 0 Å². The third kappa shape index (κ3) is 5.48. The molecule has 0 aromatic heterocycles. The number of nitrogens with one attached hydrogen (secondary N) is 3. The van der Waals surface area contributed by atoms with Gasteiger partial charge in [-0.1, -0.05) is 25.0 Å². The maximum absolute atomic E-state index is 12.6. The summed E-state index contributed by atoms with van der Waals surface area (Å²) in [7, 11) is 0. The lowest BCUT2D eigenvalue weighted by atomic mass is 10.2. The second-order valence-electron chi connectivity index (χ2n) is 6.64. The standard InChI is InChI=1S/C20H23N3O4S/c24-16-11-9-15(10-12-16)22-19(25)13-21-28(27)18-8-4-3-7-17(18)20(26)23-14-5-1-2-6-14/h3-4,7-12,14,21,24H,1-2,5-6,13H2,(H,22,25)(H,23,26). The van der Waals surface area contributed by atoms with E-state index in [1.807, 2.05) is 0 Å². The van der Waals surface area contributed by atoms with Crippen LogP contribution in [0.5, 0.6) is 5.75 Å². The highest BCUT2D eigenvalue weighted by atomic mass is 32.2. The summed E-state index contributed by atoms with van der Waals surface area (Å²) in [5.74, 6) is -0.525. The van der Waals surface area contributed by atoms with E-state index in [9.17, 15) is 19.2 Å². The Hall–Kier alpha value is -2.55. The van der Waals surface area contributed by atoms with Crippen molar-refractivity contribution in [2.75, 3.05) is 11.9 Å². The van der Waals surface area contributed by atoms with E-state index in [2.05, 4.69) is 15.4 Å². The van der Waals surface area contributed by atoms with Crippen LogP contribution in [0.25, 0.3) is 0 Å². The van der Waals surface area contributed by atoms with Gasteiger partial charge in [0.25, 0.3) is 5.91 Å². The first-order chi connectivity index (χ1) is 13.5. The molecule has 0 aliphatic heterocycles. The lowest BCUT2D eigenvalue weighted by molar-refractivity contribution is -0.115. The minimum Gasteiger partial charge on any atom is -0.593 e. The van der Waals surface area contributed by atoms with E-state index in [0.29, 0.717) is 16.1 Å². The van der Waals surface area contributed by atoms with Crippen molar-refractivity contribution >= 4 is 28.9 Å². The van der Waals surface area contributed by atoms with Crippen molar-refractivity contribution in [1.29, 1.82) is 0 Å². The zero-order chi connectivity index (χ0) is 19.9. The third-order valence-electron chi connectivity index (χ3n) is 4.54. The molecular formula is C20H23N3O4S. The summed E-state index contributed by atoms with van der Waals surface area (Å²) < 4.78 is 15.3. The number of anilines is 1. The fraction of sp³-hybridized carbons (Fsp3) is 0.300. The van der Waals surface area contributed by atoms with E-state index in [-0.39, 0.29) is 30.2 Å². The Morgan fingerprint density at radius 1 is 1.07 bits per heavy atom. The Bertz CT molecular complexity index is 822. The van der Waals surface area contributed by atoms with E-state index in [0.717, 1.165) is 25.7 Å². The Balaban J connectivity index is 1.57. The summed E-state index contributed by atoms with van der Waals surface area (Å²) >= 11 is -1.71. The number of phenols is 1. The monoisotopic (exact) mass is 401 g/mol. The molecule has 3 rings (SSSR count). The Morgan fingerprint density at radius 3 is 2.46 bits per heavy atom. The van der Waals surface area contributed by atoms with Crippen LogP contribution >= 0.6 is 0 Å². The number of carbonyl (C=O) groups excluding carboxylic acids is 2. The fourth-order valence-electron chi connectivity index (χ4n) is 3.11. The molecule has 2 aromatic rings. The molecular weight excluding hydrogens is 378 g/mol. The molecule has 8 heteroatoms. The number of aromatic hydroxyl groups is 1. The summed E-state index contributed by atoms with van der Waals surface area (Å²) in [6.07, 6.45) is 4.14. The summed E-state index contributed by atoms with van der Waals surface area (Å²) in [5.41, 5.74) is 0.867. The molecule has 2 amide bonds. The summed E-state index contributed by atoms with van der Waals surface area (Å²) in [5, 5.41) is 14.9. The number of phenolic OH excluding ortho intramolecular Hbond substituents is 1. The zero-order valence-electron chi connectivity index (χ0n) is 15.3. The number of carbonyl (C=O) groups is 2. The molecule has 1 aliphatic rings. The van der Waals surface area contributed by atoms with E-state index in [4.69, 9.17) is 0 Å². The number of hydrogen-bond donors (Lipinski definition) is 4. The molecule has 7 nitrogen and oxygen atoms in total. The molecule has 1 atom stereocenters. The average molecular weight is 401 g/mol. The van der Waals surface area contributed by atoms with Gasteiger partial charge in [0.2, 0.25) is 5.91 Å². The normalized spacial score (nSPS) is 15.2. The molecule has 2 aromatic carbocycles. The highest BCUT2D eigenvalue weighted by Gasteiger charge is 2.24. The van der Waals surface area contributed by atoms with Crippen LogP contribution in [0, 0.1) is 0 Å². The molecule has 0 saturated heterocycles. The second-order valence-corrected chi connectivity index (χ2v) is 7.90. The minimum absolute atomic E-state index is 0.102. The van der Waals surface area contributed by atoms with Crippen molar-refractivity contribution in [3.8, 4) is 5.75 Å². The van der Waals surface area contributed by atoms with Crippen LogP contribution in [0.2, 0.25) is 0 Å². The third-order valence-corrected chi connectivity index (χ3v) is 5.70. The van der Waals surface area contributed by atoms with Gasteiger partial charge in [-0.3, -0.25) is 9.59 Å². The summed E-state index contributed by atoms with van der Waals surface area (Å²) in [6, 6.07) is 12.9. The van der Waals surface area contributed by atoms with Crippen molar-refractivity contribution < 1.29 is 19.2 Å². The van der Waals surface area contributed by atoms with E-state index in [1.165, 1.54) is 12.1 Å². The lowest BCUT2D eigenvalue weighted by Crippen LogP contribution is -2.36. The minimum atomic E-state index is -1.71. The van der Waals surface area contributed by atoms with Crippen molar-refractivity contribution in [2.45, 2.75) is 36.6 Å². The van der Waals surface area contributed by atoms with Gasteiger partial charge >= 0.3 is 0 Å². The molecule has 0 radical (unpaired) electrons. The number of hydrogen-bond acceptors (Lipinski definition) is 5. The zero-order valence-corrected chi connectivity index (χ0v) is 16.1. The molecule has 28 heavy (non-hydrogen) atoms. The first kappa shape index (κ1) is 20.2. The van der Waals surface area contributed by atoms with Gasteiger partial charge in [-0.2, -0.15) is 0 Å². The lowest BCUT2D eigenvalue weighted by Gasteiger charge is -2.16. The van der Waals surface area contributed by atoms with Gasteiger partial charge in [0, 0.05) is 11.7 Å². The van der Waals surface area contributed by atoms with Crippen molar-refractivity contribution in [2.24, 2.45) is 0 Å². The smallest absolute Gasteiger partial charge is 0.256 e. The molecule has 1 saturated carbocycles. The summed E-state index contributed by atoms with van der Waals surface area (Å²) in [6.45, 7) is -0.188. The maximum atomic E-state index is 12.6. The van der Waals surface area contributed by atoms with Crippen LogP contribution in [0.15, 0.2) is 53.4 Å². The topological polar surface area (TPSA) is 114 Å². The first-order valence-electron chi connectivity index (χ1n) is 9.17. The largest absolute Gasteiger partial charge is 0.593 e. The molecule has 1 fully saturated rings. The van der Waals surface area contributed by atoms with Gasteiger partial charge in [0.1, 0.15) is 12.3 Å². The Kier molecular flexibility index (Phi) is 6.91. The van der Waals surface area contributed by atoms with Crippen LogP contribution < -0.4 is 15.4 Å². The van der Waals surface area contributed by atoms with E-state index >= 15 is 0 Å². The molecule has 0 bridgehead atoms. The average Bonchev–Trinajstić information content (AvgIpc) is 3.21. The molecule has 0 heterocycles. The highest BCUT2D eigenvalue weighted by molar-refractivity contribution is 7.89. The number of benzene rings is 2. The van der Waals surface area contributed by atoms with Gasteiger partial charge < -0.3 is 20.3 Å². The molecule has 1 unspecified atom stereocenters. The van der Waals surface area contributed by atoms with Crippen molar-refractivity contribution in [1.82, 2.24) is 10.0 Å². The van der Waals surface area contributed by atoms with Crippen LogP contribution in [0.4, 0.5) is 5.69 Å². The summed E-state index contributed by atoms with van der Waals surface area (Å²) in [4.78, 5) is 24.9. The molecule has 148 valence electrons. The van der Waals surface area contributed by atoms with Gasteiger partial charge in [0.05, 0.1) is 16.9 Å².